The van der Waals surface area contributed by atoms with Gasteiger partial charge in [0.15, 0.2) is 0 Å². The number of hydrogen-bond acceptors (Lipinski definition) is 5. The number of hydrogen-bond donors (Lipinski definition) is 1. The van der Waals surface area contributed by atoms with Gasteiger partial charge in [0.05, 0.1) is 18.1 Å². The minimum atomic E-state index is 0.145. The Bertz CT molecular complexity index is 560. The molecule has 1 N–H and O–H groups in total. The van der Waals surface area contributed by atoms with Crippen LogP contribution in [-0.2, 0) is 4.79 Å². The molecule has 0 aliphatic carbocycles. The van der Waals surface area contributed by atoms with Crippen molar-refractivity contribution in [1.29, 1.82) is 0 Å². The Morgan fingerprint density at radius 3 is 2.35 bits per heavy atom. The molecule has 0 unspecified atom stereocenters. The van der Waals surface area contributed by atoms with Gasteiger partial charge in [-0.3, -0.25) is 4.79 Å². The van der Waals surface area contributed by atoms with Crippen LogP contribution in [0.1, 0.15) is 52.4 Å². The van der Waals surface area contributed by atoms with Crippen LogP contribution in [-0.4, -0.2) is 48.6 Å². The molecule has 0 radical (unpaired) electrons. The van der Waals surface area contributed by atoms with Crippen LogP contribution < -0.4 is 15.1 Å². The molecule has 26 heavy (non-hydrogen) atoms. The molecule has 2 fully saturated rings. The van der Waals surface area contributed by atoms with Gasteiger partial charge in [0.2, 0.25) is 11.9 Å². The fraction of sp³-hybridized carbons (Fsp3) is 0.750. The van der Waals surface area contributed by atoms with Crippen molar-refractivity contribution in [1.82, 2.24) is 15.3 Å². The SMILES string of the molecule is CC(C)CCNC(=O)C1CCN(c2cnc(N3CCCCC3)nc2)CC1. The Balaban J connectivity index is 1.46. The Labute approximate surface area is 157 Å². The maximum absolute atomic E-state index is 12.3. The van der Waals surface area contributed by atoms with E-state index in [1.807, 2.05) is 12.4 Å². The summed E-state index contributed by atoms with van der Waals surface area (Å²) in [6, 6.07) is 0. The molecule has 1 aromatic rings. The molecular weight excluding hydrogens is 326 g/mol. The highest BCUT2D eigenvalue weighted by Crippen LogP contribution is 2.24. The number of amides is 1. The molecule has 2 aliphatic rings. The predicted octanol–water partition coefficient (Wildman–Crippen LogP) is 2.85. The monoisotopic (exact) mass is 359 g/mol. The fourth-order valence-electron chi connectivity index (χ4n) is 3.76. The summed E-state index contributed by atoms with van der Waals surface area (Å²) in [5.41, 5.74) is 1.07. The summed E-state index contributed by atoms with van der Waals surface area (Å²) in [7, 11) is 0. The van der Waals surface area contributed by atoms with Gasteiger partial charge in [0.25, 0.3) is 0 Å². The van der Waals surface area contributed by atoms with Crippen LogP contribution >= 0.6 is 0 Å². The molecule has 6 nitrogen and oxygen atoms in total. The molecule has 1 aromatic heterocycles. The Morgan fingerprint density at radius 2 is 1.73 bits per heavy atom. The molecule has 3 heterocycles. The highest BCUT2D eigenvalue weighted by Gasteiger charge is 2.25. The fourth-order valence-corrected chi connectivity index (χ4v) is 3.76. The molecule has 6 heteroatoms. The Hall–Kier alpha value is -1.85. The number of carbonyl (C=O) groups excluding carboxylic acids is 1. The number of rotatable bonds is 6. The first-order chi connectivity index (χ1) is 12.6. The van der Waals surface area contributed by atoms with Gasteiger partial charge < -0.3 is 15.1 Å². The van der Waals surface area contributed by atoms with E-state index in [1.54, 1.807) is 0 Å². The molecule has 0 saturated carbocycles. The molecular formula is C20H33N5O. The molecule has 1 amide bonds. The molecule has 0 spiro atoms. The van der Waals surface area contributed by atoms with E-state index >= 15 is 0 Å². The van der Waals surface area contributed by atoms with Gasteiger partial charge in [-0.1, -0.05) is 13.8 Å². The lowest BCUT2D eigenvalue weighted by molar-refractivity contribution is -0.125. The van der Waals surface area contributed by atoms with Crippen LogP contribution in [0.2, 0.25) is 0 Å². The summed E-state index contributed by atoms with van der Waals surface area (Å²) >= 11 is 0. The highest BCUT2D eigenvalue weighted by molar-refractivity contribution is 5.78. The summed E-state index contributed by atoms with van der Waals surface area (Å²) in [4.78, 5) is 26.0. The molecule has 2 saturated heterocycles. The third-order valence-corrected chi connectivity index (χ3v) is 5.52. The van der Waals surface area contributed by atoms with Crippen molar-refractivity contribution in [2.24, 2.45) is 11.8 Å². The van der Waals surface area contributed by atoms with E-state index in [0.717, 1.165) is 63.6 Å². The number of anilines is 2. The van der Waals surface area contributed by atoms with E-state index in [0.29, 0.717) is 5.92 Å². The average molecular weight is 360 g/mol. The maximum Gasteiger partial charge on any atom is 0.225 e. The zero-order valence-electron chi connectivity index (χ0n) is 16.3. The van der Waals surface area contributed by atoms with Crippen LogP contribution in [0.15, 0.2) is 12.4 Å². The van der Waals surface area contributed by atoms with Crippen molar-refractivity contribution in [2.45, 2.75) is 52.4 Å². The molecule has 0 aromatic carbocycles. The van der Waals surface area contributed by atoms with Crippen LogP contribution in [0.4, 0.5) is 11.6 Å². The van der Waals surface area contributed by atoms with E-state index in [4.69, 9.17) is 0 Å². The standard InChI is InChI=1S/C20H33N5O/c1-16(2)6-9-21-19(26)17-7-12-24(13-8-17)18-14-22-20(23-15-18)25-10-4-3-5-11-25/h14-17H,3-13H2,1-2H3,(H,21,26). The van der Waals surface area contributed by atoms with Crippen LogP contribution in [0, 0.1) is 11.8 Å². The quantitative estimate of drug-likeness (QED) is 0.846. The van der Waals surface area contributed by atoms with Gasteiger partial charge in [0, 0.05) is 38.6 Å². The molecule has 144 valence electrons. The first-order valence-corrected chi connectivity index (χ1v) is 10.2. The average Bonchev–Trinajstić information content (AvgIpc) is 2.68. The Kier molecular flexibility index (Phi) is 6.69. The Morgan fingerprint density at radius 1 is 1.08 bits per heavy atom. The third kappa shape index (κ3) is 5.08. The largest absolute Gasteiger partial charge is 0.369 e. The smallest absolute Gasteiger partial charge is 0.225 e. The summed E-state index contributed by atoms with van der Waals surface area (Å²) in [6.07, 6.45) is 10.5. The number of carbonyl (C=O) groups is 1. The zero-order chi connectivity index (χ0) is 18.4. The molecule has 3 rings (SSSR count). The minimum Gasteiger partial charge on any atom is -0.369 e. The van der Waals surface area contributed by atoms with Gasteiger partial charge in [-0.15, -0.1) is 0 Å². The zero-order valence-corrected chi connectivity index (χ0v) is 16.3. The molecule has 0 atom stereocenters. The van der Waals surface area contributed by atoms with Crippen LogP contribution in [0.25, 0.3) is 0 Å². The summed E-state index contributed by atoms with van der Waals surface area (Å²) in [5.74, 6) is 1.85. The van der Waals surface area contributed by atoms with Gasteiger partial charge in [-0.05, 0) is 44.4 Å². The summed E-state index contributed by atoms with van der Waals surface area (Å²) in [6.45, 7) is 9.09. The number of nitrogens with one attached hydrogen (secondary N) is 1. The topological polar surface area (TPSA) is 61.4 Å². The van der Waals surface area contributed by atoms with Crippen molar-refractivity contribution in [2.75, 3.05) is 42.5 Å². The minimum absolute atomic E-state index is 0.145. The van der Waals surface area contributed by atoms with Crippen molar-refractivity contribution in [3.63, 3.8) is 0 Å². The maximum atomic E-state index is 12.3. The van der Waals surface area contributed by atoms with Crippen molar-refractivity contribution < 1.29 is 4.79 Å². The predicted molar refractivity (Wildman–Crippen MR) is 105 cm³/mol. The van der Waals surface area contributed by atoms with E-state index in [9.17, 15) is 4.79 Å². The second kappa shape index (κ2) is 9.19. The first kappa shape index (κ1) is 18.9. The number of nitrogens with zero attached hydrogens (tertiary/aromatic N) is 4. The summed E-state index contributed by atoms with van der Waals surface area (Å²) < 4.78 is 0. The second-order valence-electron chi connectivity index (χ2n) is 8.02. The number of piperidine rings is 2. The lowest BCUT2D eigenvalue weighted by atomic mass is 9.95. The van der Waals surface area contributed by atoms with Gasteiger partial charge >= 0.3 is 0 Å². The van der Waals surface area contributed by atoms with Crippen molar-refractivity contribution in [3.05, 3.63) is 12.4 Å². The molecule has 2 aliphatic heterocycles. The van der Waals surface area contributed by atoms with Gasteiger partial charge in [-0.2, -0.15) is 0 Å². The highest BCUT2D eigenvalue weighted by atomic mass is 16.1. The second-order valence-corrected chi connectivity index (χ2v) is 8.02. The number of aromatic nitrogens is 2. The van der Waals surface area contributed by atoms with Gasteiger partial charge in [0.1, 0.15) is 0 Å². The summed E-state index contributed by atoms with van der Waals surface area (Å²) in [5, 5.41) is 3.09. The lowest BCUT2D eigenvalue weighted by Gasteiger charge is -2.33. The van der Waals surface area contributed by atoms with Crippen molar-refractivity contribution >= 4 is 17.5 Å². The lowest BCUT2D eigenvalue weighted by Crippen LogP contribution is -2.41. The van der Waals surface area contributed by atoms with Gasteiger partial charge in [-0.25, -0.2) is 9.97 Å². The first-order valence-electron chi connectivity index (χ1n) is 10.2. The van der Waals surface area contributed by atoms with Crippen molar-refractivity contribution in [3.8, 4) is 0 Å². The third-order valence-electron chi connectivity index (χ3n) is 5.52. The van der Waals surface area contributed by atoms with Crippen LogP contribution in [0.3, 0.4) is 0 Å². The van der Waals surface area contributed by atoms with E-state index in [1.165, 1.54) is 19.3 Å². The molecule has 0 bridgehead atoms. The van der Waals surface area contributed by atoms with E-state index < -0.39 is 0 Å². The van der Waals surface area contributed by atoms with Crippen LogP contribution in [0.5, 0.6) is 0 Å². The van der Waals surface area contributed by atoms with E-state index in [2.05, 4.69) is 38.9 Å². The normalized spacial score (nSPS) is 19.0. The van der Waals surface area contributed by atoms with E-state index in [-0.39, 0.29) is 11.8 Å².